The fourth-order valence-electron chi connectivity index (χ4n) is 5.21. The lowest BCUT2D eigenvalue weighted by Crippen LogP contribution is -2.53. The minimum atomic E-state index is -0.653. The van der Waals surface area contributed by atoms with Crippen molar-refractivity contribution in [3.63, 3.8) is 0 Å². The molecule has 0 aromatic heterocycles. The largest absolute Gasteiger partial charge is 0.379 e. The maximum Gasteiger partial charge on any atom is 0.255 e. The third-order valence-corrected chi connectivity index (χ3v) is 7.23. The van der Waals surface area contributed by atoms with E-state index in [-0.39, 0.29) is 36.3 Å². The molecular weight excluding hydrogens is 420 g/mol. The molecule has 3 amide bonds. The number of morpholine rings is 1. The quantitative estimate of drug-likeness (QED) is 0.559. The Morgan fingerprint density at radius 3 is 2.45 bits per heavy atom. The average Bonchev–Trinajstić information content (AvgIpc) is 3.64. The summed E-state index contributed by atoms with van der Waals surface area (Å²) in [6.07, 6.45) is 3.94. The van der Waals surface area contributed by atoms with E-state index in [0.717, 1.165) is 57.6 Å². The summed E-state index contributed by atoms with van der Waals surface area (Å²) in [7, 11) is 0. The zero-order valence-electron chi connectivity index (χ0n) is 19.7. The summed E-state index contributed by atoms with van der Waals surface area (Å²) >= 11 is 0. The van der Waals surface area contributed by atoms with Crippen LogP contribution >= 0.6 is 0 Å². The first-order valence-electron chi connectivity index (χ1n) is 12.3. The van der Waals surface area contributed by atoms with Crippen molar-refractivity contribution in [1.82, 2.24) is 20.4 Å². The van der Waals surface area contributed by atoms with Gasteiger partial charge in [0.25, 0.3) is 5.91 Å². The molecular formula is C25H36N4O4. The summed E-state index contributed by atoms with van der Waals surface area (Å²) in [4.78, 5) is 42.7. The molecule has 33 heavy (non-hydrogen) atoms. The molecule has 8 nitrogen and oxygen atoms in total. The highest BCUT2D eigenvalue weighted by Crippen LogP contribution is 2.41. The number of hydrogen-bond acceptors (Lipinski definition) is 5. The van der Waals surface area contributed by atoms with Gasteiger partial charge in [0, 0.05) is 37.3 Å². The predicted octanol–water partition coefficient (Wildman–Crippen LogP) is 1.72. The van der Waals surface area contributed by atoms with Gasteiger partial charge in [-0.1, -0.05) is 44.9 Å². The van der Waals surface area contributed by atoms with E-state index >= 15 is 0 Å². The van der Waals surface area contributed by atoms with Crippen molar-refractivity contribution in [2.75, 3.05) is 39.4 Å². The van der Waals surface area contributed by atoms with E-state index in [0.29, 0.717) is 18.0 Å². The van der Waals surface area contributed by atoms with Gasteiger partial charge in [-0.3, -0.25) is 19.3 Å². The summed E-state index contributed by atoms with van der Waals surface area (Å²) in [5.74, 6) is -0.0921. The highest BCUT2D eigenvalue weighted by molar-refractivity contribution is 6.05. The lowest BCUT2D eigenvalue weighted by Gasteiger charge is -2.38. The monoisotopic (exact) mass is 456 g/mol. The smallest absolute Gasteiger partial charge is 0.255 e. The van der Waals surface area contributed by atoms with E-state index in [1.807, 2.05) is 18.2 Å². The number of benzene rings is 1. The number of ether oxygens (including phenoxy) is 1. The van der Waals surface area contributed by atoms with Gasteiger partial charge in [-0.15, -0.1) is 0 Å². The first kappa shape index (κ1) is 23.7. The van der Waals surface area contributed by atoms with Crippen molar-refractivity contribution in [1.29, 1.82) is 0 Å². The van der Waals surface area contributed by atoms with Crippen LogP contribution in [-0.4, -0.2) is 79.0 Å². The van der Waals surface area contributed by atoms with Crippen LogP contribution in [-0.2, 0) is 14.3 Å². The third-order valence-electron chi connectivity index (χ3n) is 7.23. The molecule has 0 spiro atoms. The van der Waals surface area contributed by atoms with E-state index < -0.39 is 6.04 Å². The van der Waals surface area contributed by atoms with Gasteiger partial charge < -0.3 is 20.3 Å². The molecule has 1 aromatic rings. The number of hydrogen-bond donors (Lipinski definition) is 2. The number of rotatable bonds is 10. The lowest BCUT2D eigenvalue weighted by atomic mass is 9.92. The molecule has 0 radical (unpaired) electrons. The summed E-state index contributed by atoms with van der Waals surface area (Å²) in [6.45, 7) is 8.04. The zero-order chi connectivity index (χ0) is 23.4. The van der Waals surface area contributed by atoms with Crippen molar-refractivity contribution < 1.29 is 19.1 Å². The number of carbonyl (C=O) groups excluding carboxylic acids is 3. The van der Waals surface area contributed by atoms with E-state index in [4.69, 9.17) is 4.74 Å². The number of fused-ring (bicyclic) bond motifs is 1. The van der Waals surface area contributed by atoms with Gasteiger partial charge in [0.1, 0.15) is 6.04 Å². The Labute approximate surface area is 196 Å². The van der Waals surface area contributed by atoms with Crippen LogP contribution in [0.1, 0.15) is 61.5 Å². The number of amides is 3. The van der Waals surface area contributed by atoms with Crippen LogP contribution < -0.4 is 10.6 Å². The fraction of sp³-hybridized carbons (Fsp3) is 0.640. The molecule has 8 heteroatoms. The lowest BCUT2D eigenvalue weighted by molar-refractivity contribution is -0.129. The molecule has 1 saturated heterocycles. The predicted molar refractivity (Wildman–Crippen MR) is 125 cm³/mol. The molecule has 2 N–H and O–H groups in total. The molecule has 2 fully saturated rings. The van der Waals surface area contributed by atoms with Crippen molar-refractivity contribution in [3.8, 4) is 0 Å². The van der Waals surface area contributed by atoms with Crippen molar-refractivity contribution in [2.24, 2.45) is 5.92 Å². The van der Waals surface area contributed by atoms with Crippen LogP contribution in [0.3, 0.4) is 0 Å². The summed E-state index contributed by atoms with van der Waals surface area (Å²) in [6, 6.07) is 7.00. The van der Waals surface area contributed by atoms with E-state index in [1.165, 1.54) is 0 Å². The second-order valence-corrected chi connectivity index (χ2v) is 9.25. The molecule has 1 aliphatic carbocycles. The second kappa shape index (κ2) is 10.7. The van der Waals surface area contributed by atoms with Crippen LogP contribution in [0.25, 0.3) is 0 Å². The summed E-state index contributed by atoms with van der Waals surface area (Å²) in [5, 5.41) is 5.81. The summed E-state index contributed by atoms with van der Waals surface area (Å²) in [5.41, 5.74) is 1.32. The molecule has 2 aliphatic heterocycles. The molecule has 1 aromatic carbocycles. The molecule has 0 bridgehead atoms. The molecule has 4 rings (SSSR count). The highest BCUT2D eigenvalue weighted by atomic mass is 16.5. The Kier molecular flexibility index (Phi) is 7.65. The number of nitrogens with zero attached hydrogens (tertiary/aromatic N) is 2. The average molecular weight is 457 g/mol. The van der Waals surface area contributed by atoms with E-state index in [9.17, 15) is 14.4 Å². The molecule has 2 atom stereocenters. The Hall–Kier alpha value is -2.45. The van der Waals surface area contributed by atoms with Crippen molar-refractivity contribution >= 4 is 17.7 Å². The van der Waals surface area contributed by atoms with Crippen LogP contribution in [0.4, 0.5) is 0 Å². The Morgan fingerprint density at radius 1 is 1.09 bits per heavy atom. The number of nitrogens with one attached hydrogen (secondary N) is 2. The first-order chi connectivity index (χ1) is 16.0. The third kappa shape index (κ3) is 5.22. The molecule has 1 saturated carbocycles. The number of carbonyl (C=O) groups is 3. The van der Waals surface area contributed by atoms with Gasteiger partial charge >= 0.3 is 0 Å². The van der Waals surface area contributed by atoms with Gasteiger partial charge in [-0.2, -0.15) is 0 Å². The van der Waals surface area contributed by atoms with Gasteiger partial charge in [-0.25, -0.2) is 0 Å². The van der Waals surface area contributed by atoms with Crippen LogP contribution in [0, 0.1) is 5.92 Å². The van der Waals surface area contributed by atoms with Gasteiger partial charge in [-0.05, 0) is 30.4 Å². The van der Waals surface area contributed by atoms with E-state index in [1.54, 1.807) is 11.0 Å². The minimum absolute atomic E-state index is 0.0868. The molecule has 2 heterocycles. The zero-order valence-corrected chi connectivity index (χ0v) is 19.7. The van der Waals surface area contributed by atoms with E-state index in [2.05, 4.69) is 29.4 Å². The maximum absolute atomic E-state index is 13.1. The van der Waals surface area contributed by atoms with Crippen LogP contribution in [0.15, 0.2) is 24.3 Å². The standard InChI is InChI=1S/C25H36N4O4/c1-3-17(4-2)21(28-11-13-33-14-12-28)15-26-22(30)16-27-24(31)23-19-7-5-6-8-20(19)25(32)29(23)18-9-10-18/h5-8,17-18,21,23H,3-4,9-16H2,1-2H3,(H,26,30)(H,27,31). The van der Waals surface area contributed by atoms with Gasteiger partial charge in [0.2, 0.25) is 11.8 Å². The Morgan fingerprint density at radius 2 is 1.79 bits per heavy atom. The highest BCUT2D eigenvalue weighted by Gasteiger charge is 2.47. The molecule has 3 aliphatic rings. The van der Waals surface area contributed by atoms with Gasteiger partial charge in [0.05, 0.1) is 19.8 Å². The van der Waals surface area contributed by atoms with Crippen LogP contribution in [0.5, 0.6) is 0 Å². The molecule has 2 unspecified atom stereocenters. The second-order valence-electron chi connectivity index (χ2n) is 9.25. The minimum Gasteiger partial charge on any atom is -0.379 e. The first-order valence-corrected chi connectivity index (χ1v) is 12.3. The van der Waals surface area contributed by atoms with Gasteiger partial charge in [0.15, 0.2) is 0 Å². The fourth-order valence-corrected chi connectivity index (χ4v) is 5.21. The normalized spacial score (nSPS) is 21.7. The Balaban J connectivity index is 1.34. The van der Waals surface area contributed by atoms with Crippen LogP contribution in [0.2, 0.25) is 0 Å². The summed E-state index contributed by atoms with van der Waals surface area (Å²) < 4.78 is 5.49. The maximum atomic E-state index is 13.1. The topological polar surface area (TPSA) is 91.0 Å². The van der Waals surface area contributed by atoms with Crippen molar-refractivity contribution in [3.05, 3.63) is 35.4 Å². The Bertz CT molecular complexity index is 862. The molecule has 180 valence electrons. The SMILES string of the molecule is CCC(CC)C(CNC(=O)CNC(=O)C1c2ccccc2C(=O)N1C1CC1)N1CCOCC1. The van der Waals surface area contributed by atoms with Crippen molar-refractivity contribution in [2.45, 2.75) is 57.7 Å².